The molecule has 1 fully saturated rings. The van der Waals surface area contributed by atoms with Gasteiger partial charge in [0.2, 0.25) is 0 Å². The van der Waals surface area contributed by atoms with E-state index in [-0.39, 0.29) is 0 Å². The summed E-state index contributed by atoms with van der Waals surface area (Å²) in [5, 5.41) is 11.2. The van der Waals surface area contributed by atoms with Crippen LogP contribution in [-0.4, -0.2) is 18.1 Å². The van der Waals surface area contributed by atoms with E-state index in [1.807, 2.05) is 24.4 Å². The van der Waals surface area contributed by atoms with Crippen LogP contribution < -0.4 is 4.90 Å². The topological polar surface area (TPSA) is 39.9 Å². The van der Waals surface area contributed by atoms with Gasteiger partial charge in [0.15, 0.2) is 0 Å². The molecule has 1 saturated heterocycles. The highest BCUT2D eigenvalue weighted by Gasteiger charge is 2.15. The molecule has 0 atom stereocenters. The average molecular weight is 237 g/mol. The first-order valence-corrected chi connectivity index (χ1v) is 6.43. The Balaban J connectivity index is 2.15. The molecule has 1 aromatic heterocycles. The van der Waals surface area contributed by atoms with E-state index >= 15 is 0 Å². The molecule has 18 heavy (non-hydrogen) atoms. The highest BCUT2D eigenvalue weighted by atomic mass is 15.1. The summed E-state index contributed by atoms with van der Waals surface area (Å²) in [5.41, 5.74) is 1.69. The van der Waals surface area contributed by atoms with Crippen molar-refractivity contribution in [1.82, 2.24) is 4.98 Å². The number of hydrogen-bond acceptors (Lipinski definition) is 3. The van der Waals surface area contributed by atoms with Crippen LogP contribution in [0.3, 0.4) is 0 Å². The van der Waals surface area contributed by atoms with Crippen LogP contribution in [0.5, 0.6) is 0 Å². The van der Waals surface area contributed by atoms with E-state index in [0.717, 1.165) is 23.9 Å². The molecule has 90 valence electrons. The summed E-state index contributed by atoms with van der Waals surface area (Å²) in [5.74, 6) is 0. The van der Waals surface area contributed by atoms with E-state index in [1.54, 1.807) is 0 Å². The summed E-state index contributed by atoms with van der Waals surface area (Å²) in [6.07, 6.45) is 5.66. The first-order valence-electron chi connectivity index (χ1n) is 6.43. The van der Waals surface area contributed by atoms with Crippen molar-refractivity contribution in [3.63, 3.8) is 0 Å². The minimum atomic E-state index is 0.520. The lowest BCUT2D eigenvalue weighted by molar-refractivity contribution is 0.578. The lowest BCUT2D eigenvalue weighted by Gasteiger charge is -2.29. The molecule has 0 saturated carbocycles. The minimum absolute atomic E-state index is 0.520. The molecule has 3 nitrogen and oxygen atoms in total. The maximum atomic E-state index is 9.11. The third kappa shape index (κ3) is 1.80. The number of nitriles is 1. The standard InChI is InChI=1S/C15H15N3/c16-10-14-12-6-2-3-7-13(12)15(11-17-14)18-8-4-1-5-9-18/h2-3,6-7,11H,1,4-5,8-9H2. The van der Waals surface area contributed by atoms with Crippen molar-refractivity contribution in [2.45, 2.75) is 19.3 Å². The van der Waals surface area contributed by atoms with Gasteiger partial charge < -0.3 is 4.90 Å². The molecule has 1 aromatic carbocycles. The highest BCUT2D eigenvalue weighted by Crippen LogP contribution is 2.29. The molecule has 1 aliphatic heterocycles. The zero-order chi connectivity index (χ0) is 12.4. The van der Waals surface area contributed by atoms with Crippen molar-refractivity contribution < 1.29 is 0 Å². The van der Waals surface area contributed by atoms with Crippen LogP contribution in [0.15, 0.2) is 30.5 Å². The second-order valence-electron chi connectivity index (χ2n) is 4.70. The number of nitrogens with zero attached hydrogens (tertiary/aromatic N) is 3. The molecule has 3 rings (SSSR count). The molecule has 0 amide bonds. The monoisotopic (exact) mass is 237 g/mol. The van der Waals surface area contributed by atoms with E-state index in [4.69, 9.17) is 5.26 Å². The predicted octanol–water partition coefficient (Wildman–Crippen LogP) is 3.10. The molecule has 2 heterocycles. The summed E-state index contributed by atoms with van der Waals surface area (Å²) in [4.78, 5) is 6.69. The Bertz CT molecular complexity index is 607. The Morgan fingerprint density at radius 1 is 1.06 bits per heavy atom. The minimum Gasteiger partial charge on any atom is -0.370 e. The van der Waals surface area contributed by atoms with E-state index < -0.39 is 0 Å². The van der Waals surface area contributed by atoms with Gasteiger partial charge in [-0.3, -0.25) is 0 Å². The third-order valence-corrected chi connectivity index (χ3v) is 3.58. The van der Waals surface area contributed by atoms with Gasteiger partial charge in [-0.05, 0) is 19.3 Å². The normalized spacial score (nSPS) is 15.6. The first-order chi connectivity index (χ1) is 8.90. The van der Waals surface area contributed by atoms with Crippen molar-refractivity contribution in [1.29, 1.82) is 5.26 Å². The Morgan fingerprint density at radius 2 is 1.78 bits per heavy atom. The SMILES string of the molecule is N#Cc1ncc(N2CCCCC2)c2ccccc12. The van der Waals surface area contributed by atoms with Gasteiger partial charge in [-0.1, -0.05) is 24.3 Å². The Labute approximate surface area is 107 Å². The van der Waals surface area contributed by atoms with Crippen LogP contribution in [0.4, 0.5) is 5.69 Å². The number of pyridine rings is 1. The van der Waals surface area contributed by atoms with Gasteiger partial charge in [0, 0.05) is 23.9 Å². The summed E-state index contributed by atoms with van der Waals surface area (Å²) in [6, 6.07) is 10.2. The molecular formula is C15H15N3. The molecule has 3 heteroatoms. The molecule has 0 radical (unpaired) electrons. The average Bonchev–Trinajstić information content (AvgIpc) is 2.47. The molecule has 0 N–H and O–H groups in total. The van der Waals surface area contributed by atoms with Gasteiger partial charge in [0.05, 0.1) is 11.9 Å². The van der Waals surface area contributed by atoms with Gasteiger partial charge >= 0.3 is 0 Å². The molecule has 2 aromatic rings. The van der Waals surface area contributed by atoms with Crippen LogP contribution in [-0.2, 0) is 0 Å². The number of anilines is 1. The first kappa shape index (κ1) is 11.0. The van der Waals surface area contributed by atoms with Crippen molar-refractivity contribution in [3.8, 4) is 6.07 Å². The Morgan fingerprint density at radius 3 is 2.50 bits per heavy atom. The maximum Gasteiger partial charge on any atom is 0.148 e. The van der Waals surface area contributed by atoms with Crippen molar-refractivity contribution >= 4 is 16.5 Å². The zero-order valence-corrected chi connectivity index (χ0v) is 10.3. The second-order valence-corrected chi connectivity index (χ2v) is 4.70. The fourth-order valence-corrected chi connectivity index (χ4v) is 2.65. The molecule has 0 aliphatic carbocycles. The summed E-state index contributed by atoms with van der Waals surface area (Å²) in [7, 11) is 0. The fraction of sp³-hybridized carbons (Fsp3) is 0.333. The van der Waals surface area contributed by atoms with E-state index in [2.05, 4.69) is 22.0 Å². The van der Waals surface area contributed by atoms with E-state index in [9.17, 15) is 0 Å². The van der Waals surface area contributed by atoms with Crippen LogP contribution in [0.25, 0.3) is 10.8 Å². The van der Waals surface area contributed by atoms with Gasteiger partial charge in [-0.2, -0.15) is 5.26 Å². The maximum absolute atomic E-state index is 9.11. The van der Waals surface area contributed by atoms with Crippen LogP contribution >= 0.6 is 0 Å². The van der Waals surface area contributed by atoms with Crippen molar-refractivity contribution in [2.24, 2.45) is 0 Å². The van der Waals surface area contributed by atoms with Gasteiger partial charge in [0.1, 0.15) is 11.8 Å². The number of benzene rings is 1. The highest BCUT2D eigenvalue weighted by molar-refractivity contribution is 5.96. The van der Waals surface area contributed by atoms with Crippen LogP contribution in [0.2, 0.25) is 0 Å². The van der Waals surface area contributed by atoms with Crippen molar-refractivity contribution in [3.05, 3.63) is 36.2 Å². The molecule has 0 bridgehead atoms. The Hall–Kier alpha value is -2.08. The fourth-order valence-electron chi connectivity index (χ4n) is 2.65. The summed E-state index contributed by atoms with van der Waals surface area (Å²) in [6.45, 7) is 2.19. The predicted molar refractivity (Wildman–Crippen MR) is 72.5 cm³/mol. The third-order valence-electron chi connectivity index (χ3n) is 3.58. The molecule has 0 unspecified atom stereocenters. The molecule has 0 spiro atoms. The van der Waals surface area contributed by atoms with Crippen molar-refractivity contribution in [2.75, 3.05) is 18.0 Å². The molecular weight excluding hydrogens is 222 g/mol. The summed E-state index contributed by atoms with van der Waals surface area (Å²) >= 11 is 0. The zero-order valence-electron chi connectivity index (χ0n) is 10.3. The quantitative estimate of drug-likeness (QED) is 0.765. The van der Waals surface area contributed by atoms with E-state index in [1.165, 1.54) is 24.9 Å². The second kappa shape index (κ2) is 4.66. The lowest BCUT2D eigenvalue weighted by Crippen LogP contribution is -2.29. The number of rotatable bonds is 1. The summed E-state index contributed by atoms with van der Waals surface area (Å²) < 4.78 is 0. The van der Waals surface area contributed by atoms with Gasteiger partial charge in [-0.25, -0.2) is 4.98 Å². The van der Waals surface area contributed by atoms with E-state index in [0.29, 0.717) is 5.69 Å². The smallest absolute Gasteiger partial charge is 0.148 e. The number of aromatic nitrogens is 1. The van der Waals surface area contributed by atoms with Gasteiger partial charge in [0.25, 0.3) is 0 Å². The largest absolute Gasteiger partial charge is 0.370 e. The van der Waals surface area contributed by atoms with Gasteiger partial charge in [-0.15, -0.1) is 0 Å². The Kier molecular flexibility index (Phi) is 2.85. The van der Waals surface area contributed by atoms with Crippen LogP contribution in [0.1, 0.15) is 25.0 Å². The lowest BCUT2D eigenvalue weighted by atomic mass is 10.1. The van der Waals surface area contributed by atoms with Crippen LogP contribution in [0, 0.1) is 11.3 Å². The number of hydrogen-bond donors (Lipinski definition) is 0. The number of fused-ring (bicyclic) bond motifs is 1. The molecule has 1 aliphatic rings. The number of piperidine rings is 1.